The Kier molecular flexibility index (Phi) is 6.07. The third-order valence-electron chi connectivity index (χ3n) is 4.92. The zero-order valence-electron chi connectivity index (χ0n) is 15.8. The third-order valence-corrected chi connectivity index (χ3v) is 6.94. The number of aryl methyl sites for hydroxylation is 2. The van der Waals surface area contributed by atoms with Gasteiger partial charge < -0.3 is 4.57 Å². The first-order valence-corrected chi connectivity index (χ1v) is 10.3. The summed E-state index contributed by atoms with van der Waals surface area (Å²) in [6.45, 7) is 2.98. The second-order valence-corrected chi connectivity index (χ2v) is 9.23. The zero-order chi connectivity index (χ0) is 21.1. The molecule has 0 spiro atoms. The molecule has 28 heavy (non-hydrogen) atoms. The normalized spacial score (nSPS) is 13.4. The molecule has 0 unspecified atom stereocenters. The molecule has 8 nitrogen and oxygen atoms in total. The fourth-order valence-corrected chi connectivity index (χ4v) is 3.56. The summed E-state index contributed by atoms with van der Waals surface area (Å²) in [6, 6.07) is 10.5. The molecule has 2 rings (SSSR count). The molecule has 2 N–H and O–H groups in total. The van der Waals surface area contributed by atoms with Gasteiger partial charge in [0.25, 0.3) is 11.5 Å². The van der Waals surface area contributed by atoms with Gasteiger partial charge in [-0.2, -0.15) is 5.26 Å². The van der Waals surface area contributed by atoms with Gasteiger partial charge in [0, 0.05) is 25.1 Å². The van der Waals surface area contributed by atoms with E-state index < -0.39 is 20.5 Å². The number of carbonyl (C=O) groups is 1. The number of pyridine rings is 1. The van der Waals surface area contributed by atoms with Crippen LogP contribution in [0.25, 0.3) is 11.1 Å². The summed E-state index contributed by atoms with van der Waals surface area (Å²) in [5.74, 6) is -1.05. The summed E-state index contributed by atoms with van der Waals surface area (Å²) in [5, 5.41) is 18.0. The molecule has 0 bridgehead atoms. The van der Waals surface area contributed by atoms with Gasteiger partial charge in [-0.05, 0) is 49.1 Å². The number of nitrogens with one attached hydrogen (secondary N) is 1. The van der Waals surface area contributed by atoms with Crippen molar-refractivity contribution in [2.45, 2.75) is 31.6 Å². The molecule has 9 heteroatoms. The van der Waals surface area contributed by atoms with Crippen molar-refractivity contribution in [3.05, 3.63) is 58.0 Å². The topological polar surface area (TPSA) is 129 Å². The summed E-state index contributed by atoms with van der Waals surface area (Å²) in [7, 11) is -3.84. The Bertz CT molecular complexity index is 1120. The summed E-state index contributed by atoms with van der Waals surface area (Å²) in [4.78, 5) is 24.3. The summed E-state index contributed by atoms with van der Waals surface area (Å²) < 4.78 is 23.4. The van der Waals surface area contributed by atoms with E-state index in [2.05, 4.69) is 6.07 Å². The third kappa shape index (κ3) is 4.13. The van der Waals surface area contributed by atoms with Gasteiger partial charge >= 0.3 is 0 Å². The summed E-state index contributed by atoms with van der Waals surface area (Å²) in [5.41, 5.74) is 3.69. The number of sulfone groups is 1. The highest BCUT2D eigenvalue weighted by molar-refractivity contribution is 7.92. The molecule has 1 heterocycles. The van der Waals surface area contributed by atoms with Crippen molar-refractivity contribution in [1.29, 1.82) is 5.26 Å². The van der Waals surface area contributed by atoms with E-state index in [-0.39, 0.29) is 18.5 Å². The Hall–Kier alpha value is -2.96. The van der Waals surface area contributed by atoms with Crippen molar-refractivity contribution in [3.8, 4) is 17.2 Å². The molecule has 2 aromatic rings. The van der Waals surface area contributed by atoms with Crippen molar-refractivity contribution in [1.82, 2.24) is 10.0 Å². The Morgan fingerprint density at radius 2 is 1.93 bits per heavy atom. The van der Waals surface area contributed by atoms with E-state index in [1.54, 1.807) is 18.2 Å². The molecule has 0 saturated heterocycles. The maximum absolute atomic E-state index is 12.4. The Morgan fingerprint density at radius 3 is 2.46 bits per heavy atom. The zero-order valence-corrected chi connectivity index (χ0v) is 16.6. The van der Waals surface area contributed by atoms with Crippen LogP contribution in [-0.4, -0.2) is 35.1 Å². The van der Waals surface area contributed by atoms with Crippen LogP contribution in [0, 0.1) is 18.3 Å². The van der Waals surface area contributed by atoms with Gasteiger partial charge in [0.15, 0.2) is 14.6 Å². The molecule has 0 aliphatic carbocycles. The number of benzene rings is 1. The molecule has 0 aliphatic heterocycles. The summed E-state index contributed by atoms with van der Waals surface area (Å²) >= 11 is 0. The number of hydrogen-bond donors (Lipinski definition) is 2. The lowest BCUT2D eigenvalue weighted by atomic mass is 10.0. The smallest absolute Gasteiger partial charge is 0.264 e. The van der Waals surface area contributed by atoms with Crippen LogP contribution in [0.3, 0.4) is 0 Å². The molecule has 0 fully saturated rings. The first kappa shape index (κ1) is 21.3. The standard InChI is InChI=1S/C19H21N3O5S/c1-13-4-5-14(10-16(13)12-20)15-6-8-22(17(23)11-15)9-7-19(2,18(24)21-25)28(3,26)27/h4-6,8,10-11,25H,7,9H2,1-3H3,(H,21,24)/t19-/m1/s1. The lowest BCUT2D eigenvalue weighted by Gasteiger charge is -2.25. The van der Waals surface area contributed by atoms with Gasteiger partial charge in [0.1, 0.15) is 0 Å². The highest BCUT2D eigenvalue weighted by Gasteiger charge is 2.43. The highest BCUT2D eigenvalue weighted by Crippen LogP contribution is 2.23. The van der Waals surface area contributed by atoms with Crippen molar-refractivity contribution < 1.29 is 18.4 Å². The number of aromatic nitrogens is 1. The fraction of sp³-hybridized carbons (Fsp3) is 0.316. The molecule has 0 aliphatic rings. The quantitative estimate of drug-likeness (QED) is 0.554. The summed E-state index contributed by atoms with van der Waals surface area (Å²) in [6.07, 6.45) is 2.21. The van der Waals surface area contributed by atoms with E-state index in [1.165, 1.54) is 29.2 Å². The number of carbonyl (C=O) groups excluding carboxylic acids is 1. The van der Waals surface area contributed by atoms with Crippen LogP contribution in [0.4, 0.5) is 0 Å². The molecular weight excluding hydrogens is 382 g/mol. The van der Waals surface area contributed by atoms with Crippen LogP contribution in [0.5, 0.6) is 0 Å². The Morgan fingerprint density at radius 1 is 1.29 bits per heavy atom. The number of nitrogens with zero attached hydrogens (tertiary/aromatic N) is 2. The lowest BCUT2D eigenvalue weighted by molar-refractivity contribution is -0.131. The van der Waals surface area contributed by atoms with Gasteiger partial charge in [0.05, 0.1) is 11.6 Å². The number of rotatable bonds is 6. The molecule has 148 valence electrons. The maximum atomic E-state index is 12.4. The molecule has 0 radical (unpaired) electrons. The van der Waals surface area contributed by atoms with Gasteiger partial charge in [-0.25, -0.2) is 13.9 Å². The van der Waals surface area contributed by atoms with E-state index in [9.17, 15) is 18.0 Å². The molecule has 1 aromatic heterocycles. The van der Waals surface area contributed by atoms with Crippen molar-refractivity contribution in [2.24, 2.45) is 0 Å². The first-order valence-electron chi connectivity index (χ1n) is 8.39. The Balaban J connectivity index is 2.32. The monoisotopic (exact) mass is 403 g/mol. The van der Waals surface area contributed by atoms with Gasteiger partial charge in [0.2, 0.25) is 0 Å². The van der Waals surface area contributed by atoms with E-state index in [0.29, 0.717) is 16.7 Å². The number of hydroxylamine groups is 1. The van der Waals surface area contributed by atoms with Crippen LogP contribution in [0.1, 0.15) is 24.5 Å². The lowest BCUT2D eigenvalue weighted by Crippen LogP contribution is -2.49. The second kappa shape index (κ2) is 7.96. The molecule has 1 amide bonds. The minimum Gasteiger partial charge on any atom is -0.315 e. The fourth-order valence-electron chi connectivity index (χ4n) is 2.71. The number of nitriles is 1. The van der Waals surface area contributed by atoms with E-state index in [4.69, 9.17) is 10.5 Å². The molecule has 1 aromatic carbocycles. The van der Waals surface area contributed by atoms with Crippen molar-refractivity contribution in [2.75, 3.05) is 6.26 Å². The molecular formula is C19H21N3O5S. The van der Waals surface area contributed by atoms with Crippen molar-refractivity contribution in [3.63, 3.8) is 0 Å². The average Bonchev–Trinajstić information content (AvgIpc) is 2.65. The van der Waals surface area contributed by atoms with Crippen LogP contribution in [-0.2, 0) is 21.2 Å². The predicted octanol–water partition coefficient (Wildman–Crippen LogP) is 1.39. The van der Waals surface area contributed by atoms with Crippen LogP contribution in [0.15, 0.2) is 41.3 Å². The number of amides is 1. The van der Waals surface area contributed by atoms with Gasteiger partial charge in [-0.3, -0.25) is 14.8 Å². The van der Waals surface area contributed by atoms with Crippen LogP contribution in [0.2, 0.25) is 0 Å². The average molecular weight is 403 g/mol. The maximum Gasteiger partial charge on any atom is 0.264 e. The first-order chi connectivity index (χ1) is 13.0. The van der Waals surface area contributed by atoms with Gasteiger partial charge in [-0.15, -0.1) is 0 Å². The van der Waals surface area contributed by atoms with E-state index in [0.717, 1.165) is 11.8 Å². The number of hydrogen-bond acceptors (Lipinski definition) is 6. The van der Waals surface area contributed by atoms with Gasteiger partial charge in [-0.1, -0.05) is 12.1 Å². The van der Waals surface area contributed by atoms with Crippen LogP contribution >= 0.6 is 0 Å². The minimum atomic E-state index is -3.84. The molecule has 0 saturated carbocycles. The van der Waals surface area contributed by atoms with Crippen molar-refractivity contribution >= 4 is 15.7 Å². The SMILES string of the molecule is Cc1ccc(-c2ccn(CC[C@](C)(C(=O)NO)S(C)(=O)=O)c(=O)c2)cc1C#N. The predicted molar refractivity (Wildman–Crippen MR) is 103 cm³/mol. The van der Waals surface area contributed by atoms with Crippen LogP contribution < -0.4 is 11.0 Å². The minimum absolute atomic E-state index is 0.0343. The second-order valence-electron chi connectivity index (χ2n) is 6.78. The largest absolute Gasteiger partial charge is 0.315 e. The highest BCUT2D eigenvalue weighted by atomic mass is 32.2. The molecule has 1 atom stereocenters. The van der Waals surface area contributed by atoms with E-state index >= 15 is 0 Å². The Labute approximate surface area is 162 Å². The van der Waals surface area contributed by atoms with E-state index in [1.807, 2.05) is 13.0 Å².